The van der Waals surface area contributed by atoms with E-state index in [1.807, 2.05) is 24.3 Å². The molecule has 1 amide bonds. The first-order chi connectivity index (χ1) is 9.49. The van der Waals surface area contributed by atoms with Gasteiger partial charge in [-0.25, -0.2) is 4.79 Å². The topological polar surface area (TPSA) is 95.9 Å². The van der Waals surface area contributed by atoms with Crippen LogP contribution < -0.4 is 10.1 Å². The van der Waals surface area contributed by atoms with Gasteiger partial charge in [-0.1, -0.05) is 18.2 Å². The Morgan fingerprint density at radius 2 is 2.10 bits per heavy atom. The molecule has 1 aliphatic heterocycles. The number of carboxylic acids is 1. The molecular formula is C14H17NO5. The molecule has 0 aromatic heterocycles. The standard InChI is InChI=1S/C14H17NO5/c1-8(16)12(14(18)19)15-13(17)10-6-9-4-2-3-5-11(9)20-7-10/h2-5,8,10,12,16H,6-7H2,1H3,(H,15,17)(H,18,19). The summed E-state index contributed by atoms with van der Waals surface area (Å²) in [6.45, 7) is 1.53. The van der Waals surface area contributed by atoms with Crippen molar-refractivity contribution in [2.24, 2.45) is 5.92 Å². The number of aliphatic hydroxyl groups excluding tert-OH is 1. The lowest BCUT2D eigenvalue weighted by Crippen LogP contribution is -2.51. The molecule has 0 aliphatic carbocycles. The number of aliphatic hydroxyl groups is 1. The van der Waals surface area contributed by atoms with Crippen LogP contribution in [0.2, 0.25) is 0 Å². The van der Waals surface area contributed by atoms with Gasteiger partial charge in [-0.15, -0.1) is 0 Å². The number of amides is 1. The minimum Gasteiger partial charge on any atom is -0.492 e. The summed E-state index contributed by atoms with van der Waals surface area (Å²) < 4.78 is 5.49. The fourth-order valence-corrected chi connectivity index (χ4v) is 2.16. The van der Waals surface area contributed by atoms with E-state index in [0.29, 0.717) is 6.42 Å². The number of carbonyl (C=O) groups excluding carboxylic acids is 1. The molecular weight excluding hydrogens is 262 g/mol. The molecule has 0 saturated carbocycles. The molecule has 20 heavy (non-hydrogen) atoms. The molecule has 3 atom stereocenters. The number of rotatable bonds is 4. The van der Waals surface area contributed by atoms with Gasteiger partial charge in [0.1, 0.15) is 12.4 Å². The van der Waals surface area contributed by atoms with E-state index in [9.17, 15) is 14.7 Å². The lowest BCUT2D eigenvalue weighted by atomic mass is 9.95. The van der Waals surface area contributed by atoms with E-state index in [4.69, 9.17) is 9.84 Å². The fourth-order valence-electron chi connectivity index (χ4n) is 2.16. The zero-order chi connectivity index (χ0) is 14.7. The molecule has 3 unspecified atom stereocenters. The van der Waals surface area contributed by atoms with Crippen LogP contribution in [0, 0.1) is 5.92 Å². The molecule has 2 rings (SSSR count). The molecule has 108 valence electrons. The number of benzene rings is 1. The molecule has 0 radical (unpaired) electrons. The Morgan fingerprint density at radius 1 is 1.40 bits per heavy atom. The Labute approximate surface area is 116 Å². The van der Waals surface area contributed by atoms with Gasteiger partial charge in [-0.05, 0) is 25.0 Å². The van der Waals surface area contributed by atoms with Gasteiger partial charge in [0.05, 0.1) is 12.0 Å². The first-order valence-corrected chi connectivity index (χ1v) is 6.41. The zero-order valence-corrected chi connectivity index (χ0v) is 11.1. The number of carbonyl (C=O) groups is 2. The molecule has 1 aromatic carbocycles. The maximum Gasteiger partial charge on any atom is 0.328 e. The van der Waals surface area contributed by atoms with Crippen LogP contribution in [0.1, 0.15) is 12.5 Å². The van der Waals surface area contributed by atoms with Gasteiger partial charge in [0.25, 0.3) is 0 Å². The van der Waals surface area contributed by atoms with Crippen LogP contribution in [0.15, 0.2) is 24.3 Å². The second kappa shape index (κ2) is 5.92. The van der Waals surface area contributed by atoms with Crippen LogP contribution in [-0.4, -0.2) is 40.8 Å². The maximum atomic E-state index is 12.1. The lowest BCUT2D eigenvalue weighted by molar-refractivity contribution is -0.145. The number of ether oxygens (including phenoxy) is 1. The van der Waals surface area contributed by atoms with Gasteiger partial charge in [-0.3, -0.25) is 4.79 Å². The summed E-state index contributed by atoms with van der Waals surface area (Å²) in [4.78, 5) is 23.0. The quantitative estimate of drug-likeness (QED) is 0.731. The number of hydrogen-bond donors (Lipinski definition) is 3. The van der Waals surface area contributed by atoms with E-state index in [1.54, 1.807) is 0 Å². The minimum absolute atomic E-state index is 0.203. The van der Waals surface area contributed by atoms with Gasteiger partial charge in [0, 0.05) is 0 Å². The highest BCUT2D eigenvalue weighted by molar-refractivity contribution is 5.85. The van der Waals surface area contributed by atoms with Crippen LogP contribution in [0.25, 0.3) is 0 Å². The van der Waals surface area contributed by atoms with Crippen LogP contribution in [0.4, 0.5) is 0 Å². The van der Waals surface area contributed by atoms with Crippen LogP contribution >= 0.6 is 0 Å². The lowest BCUT2D eigenvalue weighted by Gasteiger charge is -2.26. The van der Waals surface area contributed by atoms with E-state index in [2.05, 4.69) is 5.32 Å². The summed E-state index contributed by atoms with van der Waals surface area (Å²) in [5.74, 6) is -1.38. The molecule has 1 aliphatic rings. The average molecular weight is 279 g/mol. The van der Waals surface area contributed by atoms with E-state index < -0.39 is 29.9 Å². The Morgan fingerprint density at radius 3 is 2.75 bits per heavy atom. The molecule has 6 heteroatoms. The number of nitrogens with one attached hydrogen (secondary N) is 1. The third-order valence-electron chi connectivity index (χ3n) is 3.30. The normalized spacial score (nSPS) is 20.2. The number of fused-ring (bicyclic) bond motifs is 1. The van der Waals surface area contributed by atoms with Crippen molar-refractivity contribution in [2.45, 2.75) is 25.5 Å². The fraction of sp³-hybridized carbons (Fsp3) is 0.429. The molecule has 1 aromatic rings. The van der Waals surface area contributed by atoms with Gasteiger partial charge >= 0.3 is 5.97 Å². The van der Waals surface area contributed by atoms with E-state index in [0.717, 1.165) is 11.3 Å². The summed E-state index contributed by atoms with van der Waals surface area (Å²) in [6.07, 6.45) is -0.665. The highest BCUT2D eigenvalue weighted by atomic mass is 16.5. The Bertz CT molecular complexity index is 514. The number of hydrogen-bond acceptors (Lipinski definition) is 4. The van der Waals surface area contributed by atoms with Crippen molar-refractivity contribution in [2.75, 3.05) is 6.61 Å². The smallest absolute Gasteiger partial charge is 0.328 e. The second-order valence-corrected chi connectivity index (χ2v) is 4.88. The van der Waals surface area contributed by atoms with Gasteiger partial charge in [0.2, 0.25) is 5.91 Å². The molecule has 0 saturated heterocycles. The Balaban J connectivity index is 2.03. The van der Waals surface area contributed by atoms with Gasteiger partial charge in [-0.2, -0.15) is 0 Å². The zero-order valence-electron chi connectivity index (χ0n) is 11.1. The maximum absolute atomic E-state index is 12.1. The van der Waals surface area contributed by atoms with Crippen LogP contribution in [0.3, 0.4) is 0 Å². The molecule has 0 spiro atoms. The average Bonchev–Trinajstić information content (AvgIpc) is 2.43. The number of aliphatic carboxylic acids is 1. The monoisotopic (exact) mass is 279 g/mol. The van der Waals surface area contributed by atoms with E-state index in [-0.39, 0.29) is 6.61 Å². The second-order valence-electron chi connectivity index (χ2n) is 4.88. The first-order valence-electron chi connectivity index (χ1n) is 6.41. The summed E-state index contributed by atoms with van der Waals surface area (Å²) in [5.41, 5.74) is 0.919. The third-order valence-corrected chi connectivity index (χ3v) is 3.30. The van der Waals surface area contributed by atoms with Crippen molar-refractivity contribution < 1.29 is 24.5 Å². The first kappa shape index (κ1) is 14.3. The number of para-hydroxylation sites is 1. The molecule has 6 nitrogen and oxygen atoms in total. The van der Waals surface area contributed by atoms with Crippen molar-refractivity contribution in [1.82, 2.24) is 5.32 Å². The van der Waals surface area contributed by atoms with Crippen LogP contribution in [-0.2, 0) is 16.0 Å². The van der Waals surface area contributed by atoms with E-state index >= 15 is 0 Å². The third kappa shape index (κ3) is 3.08. The molecule has 1 heterocycles. The predicted octanol–water partition coefficient (Wildman–Crippen LogP) is 0.188. The van der Waals surface area contributed by atoms with Crippen molar-refractivity contribution in [3.8, 4) is 5.75 Å². The highest BCUT2D eigenvalue weighted by Gasteiger charge is 2.31. The van der Waals surface area contributed by atoms with Crippen molar-refractivity contribution in [3.63, 3.8) is 0 Å². The Hall–Kier alpha value is -2.08. The largest absolute Gasteiger partial charge is 0.492 e. The van der Waals surface area contributed by atoms with Crippen molar-refractivity contribution in [1.29, 1.82) is 0 Å². The summed E-state index contributed by atoms with van der Waals surface area (Å²) in [6, 6.07) is 6.11. The summed E-state index contributed by atoms with van der Waals surface area (Å²) in [5, 5.41) is 20.7. The van der Waals surface area contributed by atoms with E-state index in [1.165, 1.54) is 6.92 Å². The Kier molecular flexibility index (Phi) is 4.24. The minimum atomic E-state index is -1.31. The summed E-state index contributed by atoms with van der Waals surface area (Å²) >= 11 is 0. The van der Waals surface area contributed by atoms with Gasteiger partial charge in [0.15, 0.2) is 6.04 Å². The highest BCUT2D eigenvalue weighted by Crippen LogP contribution is 2.26. The number of carboxylic acid groups (broad SMARTS) is 1. The molecule has 0 bridgehead atoms. The molecule has 3 N–H and O–H groups in total. The van der Waals surface area contributed by atoms with Crippen molar-refractivity contribution >= 4 is 11.9 Å². The van der Waals surface area contributed by atoms with Crippen molar-refractivity contribution in [3.05, 3.63) is 29.8 Å². The summed E-state index contributed by atoms with van der Waals surface area (Å²) in [7, 11) is 0. The van der Waals surface area contributed by atoms with Crippen LogP contribution in [0.5, 0.6) is 5.75 Å². The molecule has 0 fully saturated rings. The predicted molar refractivity (Wildman–Crippen MR) is 70.4 cm³/mol. The van der Waals surface area contributed by atoms with Gasteiger partial charge < -0.3 is 20.3 Å². The SMILES string of the molecule is CC(O)C(NC(=O)C1COc2ccccc2C1)C(=O)O.